The van der Waals surface area contributed by atoms with Gasteiger partial charge >= 0.3 is 0 Å². The van der Waals surface area contributed by atoms with Crippen LogP contribution in [0.1, 0.15) is 42.5 Å². The first kappa shape index (κ1) is 13.1. The van der Waals surface area contributed by atoms with Crippen LogP contribution in [0, 0.1) is 0 Å². The quantitative estimate of drug-likeness (QED) is 0.163. The number of hydrogen-bond donors (Lipinski definition) is 0. The molecule has 0 amide bonds. The third kappa shape index (κ3) is 5.71. The lowest BCUT2D eigenvalue weighted by atomic mass is 9.95. The molecule has 0 fully saturated rings. The number of fused-ring (bicyclic) bond motifs is 5. The molecular weight excluding hydrogens is 655 g/mol. The highest BCUT2D eigenvalue weighted by Crippen LogP contribution is 2.43. The molecule has 2 nitrogen and oxygen atoms in total. The molecule has 1 heterocycles. The molecule has 9 aromatic carbocycles. The van der Waals surface area contributed by atoms with Crippen LogP contribution in [0.5, 0.6) is 0 Å². The zero-order valence-electron chi connectivity index (χ0n) is 58.2. The van der Waals surface area contributed by atoms with Crippen LogP contribution in [-0.2, 0) is 0 Å². The van der Waals surface area contributed by atoms with Gasteiger partial charge in [0.05, 0.1) is 42.5 Å². The van der Waals surface area contributed by atoms with Crippen LogP contribution < -0.4 is 4.90 Å². The van der Waals surface area contributed by atoms with Crippen molar-refractivity contribution < 1.29 is 46.9 Å². The summed E-state index contributed by atoms with van der Waals surface area (Å²) in [6.07, 6.45) is 0. The van der Waals surface area contributed by atoms with Crippen molar-refractivity contribution in [3.63, 3.8) is 0 Å². The SMILES string of the molecule is [2H]c1cc([2H])c(-c2c([2H])c([2H])c(N(c3c([2H])c([2H])c(-c4c([2H])cc(-c5c([2H])c([2H])c([2H])c([2H])c5[2H])cc4[2H])c([2H])c3[2H])c3c([2H])c([2H])c4c(oc5cc(-c6c([2H])c([2H])c([2H])c([2H])c6[2H])c6c([2H])c([2H])c([2H])c([2H])c6c54)c3[2H])c([2H])c2[2H])c([2H])c1[2H]. The molecule has 0 spiro atoms. The standard InChI is InChI=1S/C52H35NO/c1-4-12-36(13-5-1)38-20-22-39(23-21-38)41-26-30-44(31-27-41)53(43-28-24-40(25-29-43)37-14-6-2-7-15-37)45-32-33-48-50(34-45)54-51-35-49(42-16-8-3-9-17-42)46-18-10-11-19-47(46)52(48)51/h1-35H/i1D,2D,3D,4D,5D,6D,8D,9D,10D,11D,12D,13D,14D,15D,16D,17D,18D,19D,22D,23D,24D,25D,26D,27D,28D,29D,30D,31D,32D,33D,34D. The van der Waals surface area contributed by atoms with E-state index in [2.05, 4.69) is 0 Å². The summed E-state index contributed by atoms with van der Waals surface area (Å²) in [5.41, 5.74) is -8.79. The highest BCUT2D eigenvalue weighted by atomic mass is 16.3. The van der Waals surface area contributed by atoms with Gasteiger partial charge in [0.15, 0.2) is 0 Å². The number of hydrogen-bond acceptors (Lipinski definition) is 2. The maximum absolute atomic E-state index is 9.90. The minimum absolute atomic E-state index is 0.234. The third-order valence-electron chi connectivity index (χ3n) is 8.20. The van der Waals surface area contributed by atoms with Gasteiger partial charge in [0, 0.05) is 33.9 Å². The van der Waals surface area contributed by atoms with Gasteiger partial charge in [-0.2, -0.15) is 0 Å². The molecule has 2 heteroatoms. The average Bonchev–Trinajstić information content (AvgIpc) is 1.95. The molecule has 0 unspecified atom stereocenters. The van der Waals surface area contributed by atoms with Gasteiger partial charge in [0.1, 0.15) is 11.2 Å². The monoisotopic (exact) mass is 720 g/mol. The fourth-order valence-electron chi connectivity index (χ4n) is 5.77. The molecule has 0 radical (unpaired) electrons. The number of anilines is 3. The Morgan fingerprint density at radius 2 is 0.889 bits per heavy atom. The number of furan rings is 1. The lowest BCUT2D eigenvalue weighted by Gasteiger charge is -2.26. The summed E-state index contributed by atoms with van der Waals surface area (Å²) in [7, 11) is 0. The summed E-state index contributed by atoms with van der Waals surface area (Å²) in [4.78, 5) is 0.420. The van der Waals surface area contributed by atoms with Gasteiger partial charge in [0.25, 0.3) is 0 Å². The maximum Gasteiger partial charge on any atom is 0.137 e. The van der Waals surface area contributed by atoms with Gasteiger partial charge in [-0.05, 0) is 97.6 Å². The van der Waals surface area contributed by atoms with Gasteiger partial charge in [-0.15, -0.1) is 0 Å². The Morgan fingerprint density at radius 1 is 0.370 bits per heavy atom. The van der Waals surface area contributed by atoms with E-state index < -0.39 is 271 Å². The van der Waals surface area contributed by atoms with Gasteiger partial charge in [-0.1, -0.05) is 163 Å². The van der Waals surface area contributed by atoms with Crippen LogP contribution in [0.3, 0.4) is 0 Å². The van der Waals surface area contributed by atoms with Crippen molar-refractivity contribution in [1.29, 1.82) is 0 Å². The molecule has 0 aliphatic carbocycles. The molecule has 254 valence electrons. The van der Waals surface area contributed by atoms with Crippen molar-refractivity contribution in [1.82, 2.24) is 0 Å². The summed E-state index contributed by atoms with van der Waals surface area (Å²) < 4.78 is 283. The van der Waals surface area contributed by atoms with Gasteiger partial charge < -0.3 is 9.32 Å². The van der Waals surface area contributed by atoms with Crippen LogP contribution in [0.2, 0.25) is 0 Å². The Kier molecular flexibility index (Phi) is 3.25. The second-order valence-electron chi connectivity index (χ2n) is 11.3. The third-order valence-corrected chi connectivity index (χ3v) is 8.20. The topological polar surface area (TPSA) is 16.4 Å². The molecule has 1 aromatic heterocycles. The van der Waals surface area contributed by atoms with Gasteiger partial charge in [0.2, 0.25) is 0 Å². The first-order chi connectivity index (χ1) is 39.6. The van der Waals surface area contributed by atoms with Crippen molar-refractivity contribution in [3.05, 3.63) is 212 Å². The van der Waals surface area contributed by atoms with Crippen molar-refractivity contribution in [2.45, 2.75) is 0 Å². The summed E-state index contributed by atoms with van der Waals surface area (Å²) in [6, 6.07) is -23.8. The van der Waals surface area contributed by atoms with Crippen molar-refractivity contribution >= 4 is 49.8 Å². The van der Waals surface area contributed by atoms with E-state index in [1.54, 1.807) is 0 Å². The molecule has 0 saturated heterocycles. The normalized spacial score (nSPS) is 19.4. The molecule has 10 aromatic rings. The predicted molar refractivity (Wildman–Crippen MR) is 228 cm³/mol. The van der Waals surface area contributed by atoms with Crippen LogP contribution in [0.4, 0.5) is 17.1 Å². The highest BCUT2D eigenvalue weighted by molar-refractivity contribution is 6.22. The zero-order chi connectivity index (χ0) is 62.8. The summed E-state index contributed by atoms with van der Waals surface area (Å²) >= 11 is 0. The molecule has 54 heavy (non-hydrogen) atoms. The van der Waals surface area contributed by atoms with E-state index in [0.717, 1.165) is 24.3 Å². The van der Waals surface area contributed by atoms with E-state index in [1.165, 1.54) is 0 Å². The molecule has 0 N–H and O–H groups in total. The molecule has 0 atom stereocenters. The number of benzene rings is 9. The average molecular weight is 721 g/mol. The second kappa shape index (κ2) is 13.4. The minimum Gasteiger partial charge on any atom is -0.456 e. The predicted octanol–water partition coefficient (Wildman–Crippen LogP) is 14.9. The smallest absolute Gasteiger partial charge is 0.137 e. The Hall–Kier alpha value is -7.16. The van der Waals surface area contributed by atoms with Crippen LogP contribution in [0.15, 0.2) is 216 Å². The van der Waals surface area contributed by atoms with E-state index in [0.29, 0.717) is 4.90 Å². The van der Waals surface area contributed by atoms with Crippen LogP contribution in [-0.4, -0.2) is 0 Å². The highest BCUT2D eigenvalue weighted by Gasteiger charge is 2.19. The van der Waals surface area contributed by atoms with Crippen molar-refractivity contribution in [3.8, 4) is 44.5 Å². The van der Waals surface area contributed by atoms with Crippen molar-refractivity contribution in [2.75, 3.05) is 4.90 Å². The lowest BCUT2D eigenvalue weighted by Crippen LogP contribution is -2.09. The molecule has 0 aliphatic rings. The van der Waals surface area contributed by atoms with E-state index in [9.17, 15) is 15.1 Å². The minimum atomic E-state index is -1.18. The van der Waals surface area contributed by atoms with Crippen LogP contribution in [0.25, 0.3) is 77.2 Å². The second-order valence-corrected chi connectivity index (χ2v) is 11.3. The Balaban J connectivity index is 1.34. The Bertz CT molecular complexity index is 4600. The molecule has 10 rings (SSSR count). The van der Waals surface area contributed by atoms with E-state index in [-0.39, 0.29) is 10.9 Å². The number of rotatable bonds is 7. The molecule has 0 saturated carbocycles. The first-order valence-electron chi connectivity index (χ1n) is 31.4. The van der Waals surface area contributed by atoms with Gasteiger partial charge in [-0.25, -0.2) is 0 Å². The number of nitrogens with zero attached hydrogens (tertiary/aromatic N) is 1. The summed E-state index contributed by atoms with van der Waals surface area (Å²) in [5, 5.41) is -1.84. The van der Waals surface area contributed by atoms with E-state index in [1.807, 2.05) is 0 Å². The molecule has 0 bridgehead atoms. The molecule has 0 aliphatic heterocycles. The fraction of sp³-hybridized carbons (Fsp3) is 0. The van der Waals surface area contributed by atoms with Gasteiger partial charge in [-0.3, -0.25) is 0 Å². The van der Waals surface area contributed by atoms with E-state index in [4.69, 9.17) is 31.8 Å². The zero-order valence-corrected chi connectivity index (χ0v) is 27.2. The fourth-order valence-corrected chi connectivity index (χ4v) is 5.77. The van der Waals surface area contributed by atoms with Crippen LogP contribution >= 0.6 is 0 Å². The lowest BCUT2D eigenvalue weighted by molar-refractivity contribution is 0.669. The van der Waals surface area contributed by atoms with Crippen molar-refractivity contribution in [2.24, 2.45) is 0 Å². The van der Waals surface area contributed by atoms with E-state index >= 15 is 0 Å². The Labute approximate surface area is 358 Å². The largest absolute Gasteiger partial charge is 0.456 e. The maximum atomic E-state index is 9.90. The summed E-state index contributed by atoms with van der Waals surface area (Å²) in [6.45, 7) is 0. The molecular formula is C52H35NO. The Morgan fingerprint density at radius 3 is 1.56 bits per heavy atom. The first-order valence-corrected chi connectivity index (χ1v) is 15.9. The summed E-state index contributed by atoms with van der Waals surface area (Å²) in [5.74, 6) is 0.